The highest BCUT2D eigenvalue weighted by Gasteiger charge is 2.58. The molecule has 1 spiro atoms. The number of anilines is 1. The molecular formula is C41H48FN5O7. The third-order valence-electron chi connectivity index (χ3n) is 9.80. The van der Waals surface area contributed by atoms with Gasteiger partial charge in [-0.1, -0.05) is 55.0 Å². The molecule has 1 aliphatic carbocycles. The van der Waals surface area contributed by atoms with E-state index in [0.717, 1.165) is 36.1 Å². The number of rotatable bonds is 18. The van der Waals surface area contributed by atoms with Crippen LogP contribution in [-0.4, -0.2) is 71.1 Å². The van der Waals surface area contributed by atoms with Gasteiger partial charge >= 0.3 is 6.09 Å². The van der Waals surface area contributed by atoms with E-state index in [-0.39, 0.29) is 43.7 Å². The Kier molecular flexibility index (Phi) is 13.5. The molecule has 0 unspecified atom stereocenters. The van der Waals surface area contributed by atoms with Crippen LogP contribution < -0.4 is 16.0 Å². The number of nitrogens with zero attached hydrogens (tertiary/aromatic N) is 2. The van der Waals surface area contributed by atoms with E-state index >= 15 is 0 Å². The molecule has 0 aromatic heterocycles. The minimum Gasteiger partial charge on any atom is -0.427 e. The average Bonchev–Trinajstić information content (AvgIpc) is 3.63. The second kappa shape index (κ2) is 18.4. The van der Waals surface area contributed by atoms with Crippen molar-refractivity contribution < 1.29 is 37.9 Å². The van der Waals surface area contributed by atoms with Gasteiger partial charge in [-0.25, -0.2) is 14.1 Å². The maximum absolute atomic E-state index is 13.9. The van der Waals surface area contributed by atoms with Crippen LogP contribution in [0.2, 0.25) is 0 Å². The Morgan fingerprint density at radius 1 is 0.889 bits per heavy atom. The molecule has 2 atom stereocenters. The van der Waals surface area contributed by atoms with Crippen LogP contribution in [0.15, 0.2) is 72.8 Å². The van der Waals surface area contributed by atoms with Gasteiger partial charge in [0, 0.05) is 63.1 Å². The van der Waals surface area contributed by atoms with Crippen LogP contribution in [0, 0.1) is 5.82 Å². The van der Waals surface area contributed by atoms with E-state index in [9.17, 15) is 33.2 Å². The second-order valence-electron chi connectivity index (χ2n) is 13.9. The Bertz CT molecular complexity index is 1840. The summed E-state index contributed by atoms with van der Waals surface area (Å²) < 4.78 is 19.4. The lowest BCUT2D eigenvalue weighted by Gasteiger charge is -2.31. The fraction of sp³-hybridized carbons (Fsp3) is 0.415. The number of benzene rings is 3. The van der Waals surface area contributed by atoms with Gasteiger partial charge in [0.05, 0.1) is 0 Å². The fourth-order valence-corrected chi connectivity index (χ4v) is 6.90. The van der Waals surface area contributed by atoms with Crippen molar-refractivity contribution in [3.63, 3.8) is 0 Å². The maximum Gasteiger partial charge on any atom is 0.418 e. The highest BCUT2D eigenvalue weighted by Crippen LogP contribution is 2.46. The largest absolute Gasteiger partial charge is 0.427 e. The first-order valence-electron chi connectivity index (χ1n) is 18.5. The minimum absolute atomic E-state index is 0.0332. The summed E-state index contributed by atoms with van der Waals surface area (Å²) in [4.78, 5) is 79.5. The second-order valence-corrected chi connectivity index (χ2v) is 13.9. The van der Waals surface area contributed by atoms with E-state index < -0.39 is 41.9 Å². The lowest BCUT2D eigenvalue weighted by molar-refractivity contribution is -0.143. The highest BCUT2D eigenvalue weighted by atomic mass is 19.1. The third-order valence-corrected chi connectivity index (χ3v) is 9.80. The van der Waals surface area contributed by atoms with Crippen molar-refractivity contribution in [1.82, 2.24) is 20.4 Å². The molecule has 12 nitrogen and oxygen atoms in total. The van der Waals surface area contributed by atoms with Crippen LogP contribution in [0.5, 0.6) is 0 Å². The number of ether oxygens (including phenoxy) is 1. The van der Waals surface area contributed by atoms with Gasteiger partial charge in [0.2, 0.25) is 29.2 Å². The van der Waals surface area contributed by atoms with Crippen molar-refractivity contribution in [1.29, 1.82) is 0 Å². The first kappa shape index (κ1) is 39.6. The van der Waals surface area contributed by atoms with Crippen LogP contribution in [0.25, 0.3) is 0 Å². The molecule has 0 radical (unpaired) electrons. The molecular weight excluding hydrogens is 693 g/mol. The summed E-state index contributed by atoms with van der Waals surface area (Å²) in [5, 5.41) is 8.41. The molecule has 6 amide bonds. The van der Waals surface area contributed by atoms with Crippen molar-refractivity contribution in [2.24, 2.45) is 0 Å². The van der Waals surface area contributed by atoms with Crippen molar-refractivity contribution in [2.75, 3.05) is 25.0 Å². The zero-order chi connectivity index (χ0) is 38.7. The molecule has 0 bridgehead atoms. The molecule has 0 saturated carbocycles. The monoisotopic (exact) mass is 741 g/mol. The topological polar surface area (TPSA) is 154 Å². The lowest BCUT2D eigenvalue weighted by atomic mass is 9.94. The van der Waals surface area contributed by atoms with Gasteiger partial charge < -0.3 is 25.6 Å². The van der Waals surface area contributed by atoms with Crippen LogP contribution >= 0.6 is 0 Å². The Balaban J connectivity index is 1.11. The number of carbonyl (C=O) groups is 6. The van der Waals surface area contributed by atoms with Crippen LogP contribution in [-0.2, 0) is 53.7 Å². The SMILES string of the molecule is CC(=O)Nc1ccc2c(c1)CC[C@@]21OC(=O)N(CC(=O)N(Cc2ccc(F)cc2)[C@@H](C)CNC(=O)CCCNC(=O)CCCCCc2ccccc2)C1=O. The molecule has 3 aromatic rings. The number of amides is 6. The summed E-state index contributed by atoms with van der Waals surface area (Å²) in [5.74, 6) is -2.20. The van der Waals surface area contributed by atoms with Gasteiger partial charge in [0.1, 0.15) is 12.4 Å². The van der Waals surface area contributed by atoms with Crippen molar-refractivity contribution in [3.8, 4) is 0 Å². The van der Waals surface area contributed by atoms with Gasteiger partial charge in [-0.05, 0) is 80.0 Å². The number of hydrogen-bond donors (Lipinski definition) is 3. The zero-order valence-corrected chi connectivity index (χ0v) is 30.8. The van der Waals surface area contributed by atoms with Crippen LogP contribution in [0.4, 0.5) is 14.9 Å². The molecule has 2 aliphatic rings. The molecule has 1 saturated heterocycles. The van der Waals surface area contributed by atoms with E-state index in [1.807, 2.05) is 18.2 Å². The van der Waals surface area contributed by atoms with E-state index in [1.54, 1.807) is 25.1 Å². The molecule has 3 aromatic carbocycles. The standard InChI is InChI=1S/C41H48FN5O7/c1-28(25-44-37(50)14-9-23-43-36(49)13-8-4-7-12-30-10-5-3-6-11-30)46(26-31-15-17-33(42)18-16-31)38(51)27-47-39(52)41(54-40(47)53)22-21-32-24-34(45-29(2)48)19-20-35(32)41/h3,5-6,10-11,15-20,24,28H,4,7-9,12-14,21-23,25-27H2,1-2H3,(H,43,49)(H,44,50)(H,45,48)/t28-,41+/m0/s1. The molecule has 13 heteroatoms. The molecule has 3 N–H and O–H groups in total. The van der Waals surface area contributed by atoms with Crippen molar-refractivity contribution in [2.45, 2.75) is 89.8 Å². The number of aryl methyl sites for hydroxylation is 2. The first-order valence-corrected chi connectivity index (χ1v) is 18.5. The zero-order valence-electron chi connectivity index (χ0n) is 30.8. The van der Waals surface area contributed by atoms with Crippen LogP contribution in [0.1, 0.15) is 81.0 Å². The predicted octanol–water partition coefficient (Wildman–Crippen LogP) is 5.14. The summed E-state index contributed by atoms with van der Waals surface area (Å²) in [5.41, 5.74) is 2.16. The summed E-state index contributed by atoms with van der Waals surface area (Å²) in [6.07, 6.45) is 4.50. The lowest BCUT2D eigenvalue weighted by Crippen LogP contribution is -2.50. The molecule has 1 fully saturated rings. The highest BCUT2D eigenvalue weighted by molar-refractivity contribution is 6.06. The number of fused-ring (bicyclic) bond motifs is 2. The maximum atomic E-state index is 13.9. The quantitative estimate of drug-likeness (QED) is 0.153. The van der Waals surface area contributed by atoms with E-state index in [4.69, 9.17) is 4.74 Å². The van der Waals surface area contributed by atoms with Gasteiger partial charge in [-0.3, -0.25) is 24.0 Å². The molecule has 1 heterocycles. The number of halogens is 1. The Morgan fingerprint density at radius 3 is 2.35 bits per heavy atom. The van der Waals surface area contributed by atoms with Gasteiger partial charge in [0.25, 0.3) is 5.91 Å². The molecule has 1 aliphatic heterocycles. The first-order chi connectivity index (χ1) is 25.9. The molecule has 5 rings (SSSR count). The number of imide groups is 1. The van der Waals surface area contributed by atoms with Gasteiger partial charge in [-0.15, -0.1) is 0 Å². The average molecular weight is 742 g/mol. The van der Waals surface area contributed by atoms with Crippen molar-refractivity contribution in [3.05, 3.63) is 101 Å². The smallest absolute Gasteiger partial charge is 0.418 e. The Labute approximate surface area is 314 Å². The van der Waals surface area contributed by atoms with Crippen LogP contribution in [0.3, 0.4) is 0 Å². The minimum atomic E-state index is -1.56. The number of hydrogen-bond acceptors (Lipinski definition) is 7. The van der Waals surface area contributed by atoms with E-state index in [2.05, 4.69) is 28.1 Å². The molecule has 286 valence electrons. The van der Waals surface area contributed by atoms with E-state index in [1.165, 1.54) is 41.7 Å². The van der Waals surface area contributed by atoms with Crippen molar-refractivity contribution >= 4 is 41.3 Å². The van der Waals surface area contributed by atoms with E-state index in [0.29, 0.717) is 42.6 Å². The molecule has 54 heavy (non-hydrogen) atoms. The number of carbonyl (C=O) groups excluding carboxylic acids is 6. The summed E-state index contributed by atoms with van der Waals surface area (Å²) in [6.45, 7) is 3.00. The van der Waals surface area contributed by atoms with Gasteiger partial charge in [0.15, 0.2) is 0 Å². The fourth-order valence-electron chi connectivity index (χ4n) is 6.90. The summed E-state index contributed by atoms with van der Waals surface area (Å²) in [6, 6.07) is 20.3. The normalized spacial score (nSPS) is 16.5. The summed E-state index contributed by atoms with van der Waals surface area (Å²) >= 11 is 0. The third kappa shape index (κ3) is 10.3. The number of nitrogens with one attached hydrogen (secondary N) is 3. The predicted molar refractivity (Wildman–Crippen MR) is 199 cm³/mol. The Hall–Kier alpha value is -5.59. The summed E-state index contributed by atoms with van der Waals surface area (Å²) in [7, 11) is 0. The van der Waals surface area contributed by atoms with Gasteiger partial charge in [-0.2, -0.15) is 0 Å². The Morgan fingerprint density at radius 2 is 1.61 bits per heavy atom. The number of unbranched alkanes of at least 4 members (excludes halogenated alkanes) is 2.